The molecule has 2 N–H and O–H groups in total. The molecule has 0 radical (unpaired) electrons. The molecule has 0 unspecified atom stereocenters. The van der Waals surface area contributed by atoms with Crippen LogP contribution in [-0.4, -0.2) is 24.5 Å². The third-order valence-electron chi connectivity index (χ3n) is 3.29. The molecule has 2 heterocycles. The Morgan fingerprint density at radius 3 is 2.84 bits per heavy atom. The minimum absolute atomic E-state index is 0.404. The maximum Gasteiger partial charge on any atom is 0.131 e. The van der Waals surface area contributed by atoms with Crippen LogP contribution < -0.4 is 5.73 Å². The summed E-state index contributed by atoms with van der Waals surface area (Å²) >= 11 is 0. The van der Waals surface area contributed by atoms with Crippen molar-refractivity contribution in [2.75, 3.05) is 0 Å². The van der Waals surface area contributed by atoms with E-state index in [1.807, 2.05) is 25.4 Å². The van der Waals surface area contributed by atoms with E-state index in [2.05, 4.69) is 32.9 Å². The lowest BCUT2D eigenvalue weighted by Crippen LogP contribution is -2.07. The van der Waals surface area contributed by atoms with Crippen LogP contribution >= 0.6 is 0 Å². The molecule has 2 aromatic heterocycles. The van der Waals surface area contributed by atoms with Crippen molar-refractivity contribution in [1.29, 1.82) is 0 Å². The smallest absolute Gasteiger partial charge is 0.131 e. The molecule has 0 amide bonds. The van der Waals surface area contributed by atoms with Crippen molar-refractivity contribution in [2.45, 2.75) is 20.0 Å². The Morgan fingerprint density at radius 1 is 1.32 bits per heavy atom. The number of fused-ring (bicyclic) bond motifs is 1. The summed E-state index contributed by atoms with van der Waals surface area (Å²) in [6, 6.07) is 6.14. The standard InChI is InChI=1S/C13H16N6/c1-9-4-3-5-11-13(9)18(2)12(15-11)8-19-7-10(6-14)16-17-19/h3-5,7H,6,8,14H2,1-2H3. The lowest BCUT2D eigenvalue weighted by molar-refractivity contribution is 0.610. The predicted octanol–water partition coefficient (Wildman–Crippen LogP) is 0.980. The average Bonchev–Trinajstić information content (AvgIpc) is 2.97. The van der Waals surface area contributed by atoms with Gasteiger partial charge in [0, 0.05) is 13.6 Å². The molecule has 98 valence electrons. The van der Waals surface area contributed by atoms with Gasteiger partial charge in [-0.25, -0.2) is 9.67 Å². The second-order valence-electron chi connectivity index (χ2n) is 4.64. The summed E-state index contributed by atoms with van der Waals surface area (Å²) < 4.78 is 3.87. The van der Waals surface area contributed by atoms with Crippen molar-refractivity contribution in [2.24, 2.45) is 12.8 Å². The van der Waals surface area contributed by atoms with E-state index in [9.17, 15) is 0 Å². The van der Waals surface area contributed by atoms with Crippen molar-refractivity contribution in [3.63, 3.8) is 0 Å². The number of rotatable bonds is 3. The van der Waals surface area contributed by atoms with Gasteiger partial charge in [0.2, 0.25) is 0 Å². The van der Waals surface area contributed by atoms with Gasteiger partial charge in [0.05, 0.1) is 22.9 Å². The molecule has 6 nitrogen and oxygen atoms in total. The van der Waals surface area contributed by atoms with Crippen LogP contribution in [0.25, 0.3) is 11.0 Å². The SMILES string of the molecule is Cc1cccc2nc(Cn3cc(CN)nn3)n(C)c12. The van der Waals surface area contributed by atoms with Crippen LogP contribution in [0.1, 0.15) is 17.1 Å². The molecule has 0 spiro atoms. The van der Waals surface area contributed by atoms with Gasteiger partial charge in [0.15, 0.2) is 0 Å². The van der Waals surface area contributed by atoms with Crippen LogP contribution in [0.3, 0.4) is 0 Å². The molecule has 0 aliphatic heterocycles. The first kappa shape index (κ1) is 11.9. The summed E-state index contributed by atoms with van der Waals surface area (Å²) in [4.78, 5) is 4.65. The Hall–Kier alpha value is -2.21. The molecule has 3 aromatic rings. The van der Waals surface area contributed by atoms with Crippen molar-refractivity contribution in [3.05, 3.63) is 41.5 Å². The summed E-state index contributed by atoms with van der Waals surface area (Å²) in [5.74, 6) is 0.956. The second-order valence-corrected chi connectivity index (χ2v) is 4.64. The fourth-order valence-corrected chi connectivity index (χ4v) is 2.31. The van der Waals surface area contributed by atoms with Gasteiger partial charge >= 0.3 is 0 Å². The van der Waals surface area contributed by atoms with Crippen LogP contribution in [0.5, 0.6) is 0 Å². The highest BCUT2D eigenvalue weighted by molar-refractivity contribution is 5.79. The van der Waals surface area contributed by atoms with Crippen LogP contribution in [0.15, 0.2) is 24.4 Å². The predicted molar refractivity (Wildman–Crippen MR) is 72.5 cm³/mol. The first-order valence-electron chi connectivity index (χ1n) is 6.19. The Labute approximate surface area is 110 Å². The van der Waals surface area contributed by atoms with Crippen LogP contribution in [0, 0.1) is 6.92 Å². The highest BCUT2D eigenvalue weighted by Gasteiger charge is 2.10. The van der Waals surface area contributed by atoms with Crippen LogP contribution in [0.4, 0.5) is 0 Å². The summed E-state index contributed by atoms with van der Waals surface area (Å²) in [5, 5.41) is 8.03. The van der Waals surface area contributed by atoms with Gasteiger partial charge in [0.1, 0.15) is 12.4 Å². The normalized spacial score (nSPS) is 11.3. The van der Waals surface area contributed by atoms with Gasteiger partial charge in [-0.05, 0) is 18.6 Å². The van der Waals surface area contributed by atoms with Gasteiger partial charge in [-0.15, -0.1) is 5.10 Å². The summed E-state index contributed by atoms with van der Waals surface area (Å²) in [7, 11) is 2.03. The Bertz CT molecular complexity index is 724. The fraction of sp³-hybridized carbons (Fsp3) is 0.308. The highest BCUT2D eigenvalue weighted by atomic mass is 15.4. The molecular formula is C13H16N6. The fourth-order valence-electron chi connectivity index (χ4n) is 2.31. The third-order valence-corrected chi connectivity index (χ3v) is 3.29. The van der Waals surface area contributed by atoms with E-state index >= 15 is 0 Å². The summed E-state index contributed by atoms with van der Waals surface area (Å²) in [5.41, 5.74) is 9.71. The molecule has 0 bridgehead atoms. The van der Waals surface area contributed by atoms with Gasteiger partial charge in [0.25, 0.3) is 0 Å². The van der Waals surface area contributed by atoms with Gasteiger partial charge in [-0.3, -0.25) is 0 Å². The first-order chi connectivity index (χ1) is 9.19. The van der Waals surface area contributed by atoms with Crippen molar-refractivity contribution < 1.29 is 0 Å². The molecule has 0 saturated carbocycles. The number of aryl methyl sites for hydroxylation is 2. The second kappa shape index (κ2) is 4.47. The first-order valence-corrected chi connectivity index (χ1v) is 6.19. The molecule has 0 aliphatic carbocycles. The molecule has 0 fully saturated rings. The van der Waals surface area contributed by atoms with E-state index in [1.165, 1.54) is 5.56 Å². The monoisotopic (exact) mass is 256 g/mol. The lowest BCUT2D eigenvalue weighted by Gasteiger charge is -2.03. The van der Waals surface area contributed by atoms with E-state index in [1.54, 1.807) is 4.68 Å². The molecule has 0 saturated heterocycles. The van der Waals surface area contributed by atoms with Gasteiger partial charge in [-0.2, -0.15) is 0 Å². The zero-order chi connectivity index (χ0) is 13.4. The number of nitrogens with two attached hydrogens (primary N) is 1. The van der Waals surface area contributed by atoms with E-state index < -0.39 is 0 Å². The Balaban J connectivity index is 2.01. The zero-order valence-electron chi connectivity index (χ0n) is 11.0. The van der Waals surface area contributed by atoms with E-state index in [0.29, 0.717) is 13.1 Å². The molecular weight excluding hydrogens is 240 g/mol. The maximum atomic E-state index is 5.53. The van der Waals surface area contributed by atoms with E-state index in [-0.39, 0.29) is 0 Å². The number of hydrogen-bond donors (Lipinski definition) is 1. The van der Waals surface area contributed by atoms with Crippen molar-refractivity contribution in [3.8, 4) is 0 Å². The Kier molecular flexibility index (Phi) is 2.79. The topological polar surface area (TPSA) is 74.6 Å². The summed E-state index contributed by atoms with van der Waals surface area (Å²) in [6.07, 6.45) is 1.85. The Morgan fingerprint density at radius 2 is 2.16 bits per heavy atom. The van der Waals surface area contributed by atoms with Crippen LogP contribution in [-0.2, 0) is 20.1 Å². The summed E-state index contributed by atoms with van der Waals surface area (Å²) in [6.45, 7) is 3.09. The molecule has 0 aliphatic rings. The maximum absolute atomic E-state index is 5.53. The number of benzene rings is 1. The minimum Gasteiger partial charge on any atom is -0.329 e. The van der Waals surface area contributed by atoms with E-state index in [0.717, 1.165) is 22.6 Å². The number of imidazole rings is 1. The number of aromatic nitrogens is 5. The molecule has 19 heavy (non-hydrogen) atoms. The average molecular weight is 256 g/mol. The lowest BCUT2D eigenvalue weighted by atomic mass is 10.2. The minimum atomic E-state index is 0.404. The zero-order valence-corrected chi connectivity index (χ0v) is 11.0. The molecule has 1 aromatic carbocycles. The van der Waals surface area contributed by atoms with Crippen molar-refractivity contribution >= 4 is 11.0 Å². The molecule has 3 rings (SSSR count). The molecule has 0 atom stereocenters. The number of para-hydroxylation sites is 1. The van der Waals surface area contributed by atoms with Crippen molar-refractivity contribution in [1.82, 2.24) is 24.5 Å². The third kappa shape index (κ3) is 2.00. The highest BCUT2D eigenvalue weighted by Crippen LogP contribution is 2.19. The largest absolute Gasteiger partial charge is 0.329 e. The molecule has 6 heteroatoms. The van der Waals surface area contributed by atoms with Gasteiger partial charge in [-0.1, -0.05) is 17.3 Å². The quantitative estimate of drug-likeness (QED) is 0.758. The van der Waals surface area contributed by atoms with E-state index in [4.69, 9.17) is 5.73 Å². The van der Waals surface area contributed by atoms with Crippen LogP contribution in [0.2, 0.25) is 0 Å². The van der Waals surface area contributed by atoms with Gasteiger partial charge < -0.3 is 10.3 Å². The number of hydrogen-bond acceptors (Lipinski definition) is 4. The number of nitrogens with zero attached hydrogens (tertiary/aromatic N) is 5.